The number of ether oxygens (including phenoxy) is 1. The maximum absolute atomic E-state index is 6.45. The second-order valence-corrected chi connectivity index (χ2v) is 5.70. The molecule has 2 fully saturated rings. The van der Waals surface area contributed by atoms with Crippen molar-refractivity contribution in [3.63, 3.8) is 0 Å². The lowest BCUT2D eigenvalue weighted by Gasteiger charge is -2.38. The Bertz CT molecular complexity index is 205. The largest absolute Gasteiger partial charge is 0.374 e. The molecule has 0 radical (unpaired) electrons. The second-order valence-electron chi connectivity index (χ2n) is 5.70. The molecular weight excluding hydrogens is 198 g/mol. The maximum Gasteiger partial charge on any atom is 0.0832 e. The molecule has 2 nitrogen and oxygen atoms in total. The molecule has 0 aromatic heterocycles. The molecule has 2 aliphatic rings. The minimum absolute atomic E-state index is 0.0217. The normalized spacial score (nSPS) is 27.4. The van der Waals surface area contributed by atoms with Crippen LogP contribution in [0.5, 0.6) is 0 Å². The minimum atomic E-state index is 0.0217. The molecule has 16 heavy (non-hydrogen) atoms. The monoisotopic (exact) mass is 225 g/mol. The van der Waals surface area contributed by atoms with Crippen LogP contribution in [-0.2, 0) is 4.74 Å². The van der Waals surface area contributed by atoms with Crippen LogP contribution in [0.3, 0.4) is 0 Å². The highest BCUT2D eigenvalue weighted by atomic mass is 16.5. The Kier molecular flexibility index (Phi) is 4.26. The molecule has 2 N–H and O–H groups in total. The molecule has 1 unspecified atom stereocenters. The lowest BCUT2D eigenvalue weighted by Crippen LogP contribution is -2.50. The molecule has 2 aliphatic carbocycles. The van der Waals surface area contributed by atoms with Crippen LogP contribution in [0.2, 0.25) is 0 Å². The Hall–Kier alpha value is -0.0800. The van der Waals surface area contributed by atoms with Gasteiger partial charge in [-0.15, -0.1) is 0 Å². The Morgan fingerprint density at radius 1 is 1.19 bits per heavy atom. The lowest BCUT2D eigenvalue weighted by molar-refractivity contribution is -0.0710. The second kappa shape index (κ2) is 5.50. The van der Waals surface area contributed by atoms with E-state index >= 15 is 0 Å². The van der Waals surface area contributed by atoms with Gasteiger partial charge in [0.05, 0.1) is 5.60 Å². The van der Waals surface area contributed by atoms with E-state index in [1.165, 1.54) is 57.8 Å². The highest BCUT2D eigenvalue weighted by Gasteiger charge is 2.40. The first-order valence-electron chi connectivity index (χ1n) is 7.16. The van der Waals surface area contributed by atoms with E-state index in [2.05, 4.69) is 6.92 Å². The zero-order valence-corrected chi connectivity index (χ0v) is 10.7. The summed E-state index contributed by atoms with van der Waals surface area (Å²) >= 11 is 0. The highest BCUT2D eigenvalue weighted by molar-refractivity contribution is 4.95. The summed E-state index contributed by atoms with van der Waals surface area (Å²) in [4.78, 5) is 0. The van der Waals surface area contributed by atoms with Crippen molar-refractivity contribution < 1.29 is 4.74 Å². The van der Waals surface area contributed by atoms with Crippen molar-refractivity contribution in [1.29, 1.82) is 0 Å². The Morgan fingerprint density at radius 2 is 1.81 bits per heavy atom. The van der Waals surface area contributed by atoms with Gasteiger partial charge >= 0.3 is 0 Å². The van der Waals surface area contributed by atoms with E-state index in [1.807, 2.05) is 0 Å². The third kappa shape index (κ3) is 2.98. The molecule has 0 saturated heterocycles. The summed E-state index contributed by atoms with van der Waals surface area (Å²) < 4.78 is 6.12. The van der Waals surface area contributed by atoms with E-state index in [4.69, 9.17) is 10.5 Å². The van der Waals surface area contributed by atoms with Gasteiger partial charge in [0.1, 0.15) is 0 Å². The predicted octanol–water partition coefficient (Wildman–Crippen LogP) is 3.24. The van der Waals surface area contributed by atoms with Crippen LogP contribution < -0.4 is 5.73 Å². The Morgan fingerprint density at radius 3 is 2.31 bits per heavy atom. The Labute approximate surface area is 99.9 Å². The smallest absolute Gasteiger partial charge is 0.0832 e. The van der Waals surface area contributed by atoms with Crippen LogP contribution in [0.4, 0.5) is 0 Å². The van der Waals surface area contributed by atoms with Gasteiger partial charge in [-0.1, -0.05) is 38.5 Å². The first-order valence-corrected chi connectivity index (χ1v) is 7.16. The van der Waals surface area contributed by atoms with Gasteiger partial charge in [-0.3, -0.25) is 0 Å². The maximum atomic E-state index is 6.45. The van der Waals surface area contributed by atoms with Gasteiger partial charge in [0, 0.05) is 12.6 Å². The van der Waals surface area contributed by atoms with Crippen LogP contribution in [0.25, 0.3) is 0 Å². The van der Waals surface area contributed by atoms with Crippen LogP contribution >= 0.6 is 0 Å². The van der Waals surface area contributed by atoms with Gasteiger partial charge in [-0.05, 0) is 32.1 Å². The van der Waals surface area contributed by atoms with Crippen molar-refractivity contribution in [3.8, 4) is 0 Å². The quantitative estimate of drug-likeness (QED) is 0.729. The summed E-state index contributed by atoms with van der Waals surface area (Å²) in [5.41, 5.74) is 6.48. The van der Waals surface area contributed by atoms with Crippen molar-refractivity contribution in [2.75, 3.05) is 6.61 Å². The topological polar surface area (TPSA) is 35.2 Å². The van der Waals surface area contributed by atoms with Crippen molar-refractivity contribution in [2.24, 2.45) is 11.7 Å². The molecule has 1 atom stereocenters. The van der Waals surface area contributed by atoms with E-state index in [1.54, 1.807) is 0 Å². The van der Waals surface area contributed by atoms with Crippen LogP contribution in [0, 0.1) is 5.92 Å². The molecular formula is C14H27NO. The van der Waals surface area contributed by atoms with Gasteiger partial charge in [0.2, 0.25) is 0 Å². The third-order valence-electron chi connectivity index (χ3n) is 4.34. The van der Waals surface area contributed by atoms with E-state index in [0.29, 0.717) is 0 Å². The standard InChI is InChI=1S/C14H27NO/c1-2-16-14(9-5-3-4-6-10-14)13(15)11-12-7-8-12/h12-13H,2-11,15H2,1H3. The first kappa shape index (κ1) is 12.4. The molecule has 0 bridgehead atoms. The minimum Gasteiger partial charge on any atom is -0.374 e. The molecule has 0 heterocycles. The zero-order valence-electron chi connectivity index (χ0n) is 10.7. The average molecular weight is 225 g/mol. The van der Waals surface area contributed by atoms with Crippen molar-refractivity contribution >= 4 is 0 Å². The molecule has 0 aromatic carbocycles. The summed E-state index contributed by atoms with van der Waals surface area (Å²) in [5.74, 6) is 0.913. The summed E-state index contributed by atoms with van der Waals surface area (Å²) in [5, 5.41) is 0. The molecule has 94 valence electrons. The molecule has 0 spiro atoms. The number of nitrogens with two attached hydrogens (primary N) is 1. The number of rotatable bonds is 5. The van der Waals surface area contributed by atoms with E-state index in [9.17, 15) is 0 Å². The van der Waals surface area contributed by atoms with Gasteiger partial charge < -0.3 is 10.5 Å². The van der Waals surface area contributed by atoms with E-state index in [0.717, 1.165) is 12.5 Å². The molecule has 2 saturated carbocycles. The van der Waals surface area contributed by atoms with E-state index in [-0.39, 0.29) is 11.6 Å². The van der Waals surface area contributed by atoms with Crippen molar-refractivity contribution in [3.05, 3.63) is 0 Å². The lowest BCUT2D eigenvalue weighted by atomic mass is 9.84. The summed E-state index contributed by atoms with van der Waals surface area (Å²) in [7, 11) is 0. The summed E-state index contributed by atoms with van der Waals surface area (Å²) in [6, 6.07) is 0.276. The fraction of sp³-hybridized carbons (Fsp3) is 1.00. The fourth-order valence-electron chi connectivity index (χ4n) is 3.16. The van der Waals surface area contributed by atoms with E-state index < -0.39 is 0 Å². The third-order valence-corrected chi connectivity index (χ3v) is 4.34. The van der Waals surface area contributed by atoms with Gasteiger partial charge in [-0.2, -0.15) is 0 Å². The van der Waals surface area contributed by atoms with Crippen molar-refractivity contribution in [2.45, 2.75) is 76.4 Å². The molecule has 0 aromatic rings. The SMILES string of the molecule is CCOC1(C(N)CC2CC2)CCCCCC1. The number of hydrogen-bond donors (Lipinski definition) is 1. The fourth-order valence-corrected chi connectivity index (χ4v) is 3.16. The predicted molar refractivity (Wildman–Crippen MR) is 67.4 cm³/mol. The molecule has 0 amide bonds. The summed E-state index contributed by atoms with van der Waals surface area (Å²) in [6.07, 6.45) is 11.7. The van der Waals surface area contributed by atoms with Crippen molar-refractivity contribution in [1.82, 2.24) is 0 Å². The van der Waals surface area contributed by atoms with Crippen LogP contribution in [0.1, 0.15) is 64.7 Å². The van der Waals surface area contributed by atoms with Gasteiger partial charge in [-0.25, -0.2) is 0 Å². The van der Waals surface area contributed by atoms with Gasteiger partial charge in [0.25, 0.3) is 0 Å². The summed E-state index contributed by atoms with van der Waals surface area (Å²) in [6.45, 7) is 2.93. The first-order chi connectivity index (χ1) is 7.77. The zero-order chi connectivity index (χ0) is 11.4. The average Bonchev–Trinajstić information content (AvgIpc) is 3.06. The molecule has 0 aliphatic heterocycles. The van der Waals surface area contributed by atoms with Gasteiger partial charge in [0.15, 0.2) is 0 Å². The van der Waals surface area contributed by atoms with Crippen LogP contribution in [0.15, 0.2) is 0 Å². The highest BCUT2D eigenvalue weighted by Crippen LogP contribution is 2.40. The van der Waals surface area contributed by atoms with Crippen LogP contribution in [-0.4, -0.2) is 18.2 Å². The molecule has 2 heteroatoms. The molecule has 2 rings (SSSR count). The number of hydrogen-bond acceptors (Lipinski definition) is 2. The Balaban J connectivity index is 1.98.